The molecule has 0 heterocycles. The maximum Gasteiger partial charge on any atom is 1.00 e. The van der Waals surface area contributed by atoms with Gasteiger partial charge in [-0.15, -0.1) is 40.6 Å². The topological polar surface area (TPSA) is 0 Å². The molecule has 3 aromatic rings. The van der Waals surface area contributed by atoms with E-state index in [2.05, 4.69) is 80.6 Å². The van der Waals surface area contributed by atoms with Gasteiger partial charge in [-0.25, -0.2) is 0 Å². The van der Waals surface area contributed by atoms with E-state index in [1.807, 2.05) is 0 Å². The Morgan fingerprint density at radius 2 is 1.62 bits per heavy atom. The average Bonchev–Trinajstić information content (AvgIpc) is 2.99. The second-order valence-electron chi connectivity index (χ2n) is 5.53. The van der Waals surface area contributed by atoms with E-state index < -0.39 is 0 Å². The molecule has 1 aliphatic rings. The number of hydrogen-bond donors (Lipinski definition) is 0. The molecule has 0 bridgehead atoms. The molecule has 3 aromatic carbocycles. The van der Waals surface area contributed by atoms with Gasteiger partial charge in [0.15, 0.2) is 0 Å². The summed E-state index contributed by atoms with van der Waals surface area (Å²) in [5.41, 5.74) is 5.70. The van der Waals surface area contributed by atoms with Crippen molar-refractivity contribution in [3.8, 4) is 0 Å². The Labute approximate surface area is 139 Å². The van der Waals surface area contributed by atoms with Crippen molar-refractivity contribution in [2.75, 3.05) is 0 Å². The van der Waals surface area contributed by atoms with Crippen LogP contribution in [0.15, 0.2) is 66.2 Å². The number of aryl methyl sites for hydroxylation is 1. The molecule has 0 radical (unpaired) electrons. The average molecular weight is 266 g/mol. The summed E-state index contributed by atoms with van der Waals surface area (Å²) < 4.78 is 0. The maximum atomic E-state index is 2.26. The normalized spacial score (nSPS) is 12.0. The molecule has 0 fully saturated rings. The van der Waals surface area contributed by atoms with Crippen molar-refractivity contribution >= 4 is 16.8 Å². The van der Waals surface area contributed by atoms with Gasteiger partial charge in [-0.1, -0.05) is 48.9 Å². The minimum Gasteiger partial charge on any atom is -0.165 e. The molecule has 0 amide bonds. The Hall–Kier alpha value is -1.61. The summed E-state index contributed by atoms with van der Waals surface area (Å²) in [7, 11) is 0. The Bertz CT molecular complexity index is 729. The van der Waals surface area contributed by atoms with Crippen molar-refractivity contribution in [3.05, 3.63) is 82.9 Å². The quantitative estimate of drug-likeness (QED) is 0.433. The monoisotopic (exact) mass is 266 g/mol. The Morgan fingerprint density at radius 3 is 2.38 bits per heavy atom. The van der Waals surface area contributed by atoms with Crippen molar-refractivity contribution in [2.45, 2.75) is 20.3 Å². The van der Waals surface area contributed by atoms with Crippen molar-refractivity contribution in [1.82, 2.24) is 0 Å². The van der Waals surface area contributed by atoms with Crippen LogP contribution in [0.2, 0.25) is 0 Å². The zero-order valence-electron chi connectivity index (χ0n) is 13.1. The first-order valence-electron chi connectivity index (χ1n) is 7.09. The zero-order valence-corrected chi connectivity index (χ0v) is 13.1. The van der Waals surface area contributed by atoms with Gasteiger partial charge in [0.1, 0.15) is 0 Å². The van der Waals surface area contributed by atoms with Crippen LogP contribution in [0.3, 0.4) is 0 Å². The summed E-state index contributed by atoms with van der Waals surface area (Å²) in [6.45, 7) is 4.31. The second-order valence-corrected chi connectivity index (χ2v) is 5.53. The van der Waals surface area contributed by atoms with E-state index in [0.717, 1.165) is 6.42 Å². The number of fused-ring (bicyclic) bond motifs is 2. The third kappa shape index (κ3) is 3.73. The molecule has 21 heavy (non-hydrogen) atoms. The third-order valence-electron chi connectivity index (χ3n) is 3.69. The van der Waals surface area contributed by atoms with Gasteiger partial charge in [-0.05, 0) is 24.5 Å². The minimum absolute atomic E-state index is 0. The largest absolute Gasteiger partial charge is 1.00 e. The fraction of sp³-hybridized carbons (Fsp3) is 0.150. The van der Waals surface area contributed by atoms with Crippen LogP contribution in [-0.2, 0) is 6.42 Å². The number of rotatable bonds is 0. The number of benzene rings is 2. The van der Waals surface area contributed by atoms with Crippen LogP contribution in [-0.4, -0.2) is 0 Å². The maximum absolute atomic E-state index is 2.26. The van der Waals surface area contributed by atoms with Crippen LogP contribution in [0.25, 0.3) is 16.8 Å². The molecule has 0 spiro atoms. The third-order valence-corrected chi connectivity index (χ3v) is 3.69. The van der Waals surface area contributed by atoms with Gasteiger partial charge in [0, 0.05) is 0 Å². The second kappa shape index (κ2) is 6.90. The van der Waals surface area contributed by atoms with E-state index >= 15 is 0 Å². The Kier molecular flexibility index (Phi) is 5.18. The van der Waals surface area contributed by atoms with Gasteiger partial charge in [0.05, 0.1) is 0 Å². The predicted octanol–water partition coefficient (Wildman–Crippen LogP) is 2.52. The first-order chi connectivity index (χ1) is 9.72. The fourth-order valence-corrected chi connectivity index (χ4v) is 2.76. The number of hydrogen-bond acceptors (Lipinski definition) is 0. The molecule has 0 atom stereocenters. The molecule has 1 aliphatic carbocycles. The molecule has 4 rings (SSSR count). The summed E-state index contributed by atoms with van der Waals surface area (Å²) in [5, 5.41) is 2.69. The van der Waals surface area contributed by atoms with Gasteiger partial charge in [0.2, 0.25) is 0 Å². The van der Waals surface area contributed by atoms with E-state index in [4.69, 9.17) is 0 Å². The van der Waals surface area contributed by atoms with Crippen molar-refractivity contribution in [1.29, 1.82) is 0 Å². The van der Waals surface area contributed by atoms with Crippen LogP contribution in [0.1, 0.15) is 23.6 Å². The van der Waals surface area contributed by atoms with Crippen LogP contribution in [0.5, 0.6) is 0 Å². The van der Waals surface area contributed by atoms with E-state index in [0.29, 0.717) is 0 Å². The first-order valence-corrected chi connectivity index (χ1v) is 7.09. The molecular formula is C20H19Li. The summed E-state index contributed by atoms with van der Waals surface area (Å²) in [5.74, 6) is 0. The molecule has 0 N–H and O–H groups in total. The van der Waals surface area contributed by atoms with E-state index in [1.54, 1.807) is 0 Å². The van der Waals surface area contributed by atoms with Crippen molar-refractivity contribution in [3.63, 3.8) is 0 Å². The van der Waals surface area contributed by atoms with Crippen LogP contribution in [0.4, 0.5) is 0 Å². The zero-order chi connectivity index (χ0) is 13.9. The van der Waals surface area contributed by atoms with Gasteiger partial charge in [-0.3, -0.25) is 0 Å². The molecule has 0 saturated heterocycles. The molecule has 0 unspecified atom stereocenters. The number of allylic oxidation sites excluding steroid dienone is 1. The summed E-state index contributed by atoms with van der Waals surface area (Å²) in [6.07, 6.45) is 3.41. The van der Waals surface area contributed by atoms with Crippen molar-refractivity contribution in [2.24, 2.45) is 0 Å². The van der Waals surface area contributed by atoms with Gasteiger partial charge in [-0.2, -0.15) is 6.07 Å². The Morgan fingerprint density at radius 1 is 0.905 bits per heavy atom. The Balaban J connectivity index is 0.000000147. The molecule has 100 valence electrons. The molecule has 1 heteroatoms. The molecular weight excluding hydrogens is 247 g/mol. The van der Waals surface area contributed by atoms with Crippen molar-refractivity contribution < 1.29 is 18.9 Å². The fourth-order valence-electron chi connectivity index (χ4n) is 2.76. The van der Waals surface area contributed by atoms with Gasteiger partial charge in [0.25, 0.3) is 0 Å². The van der Waals surface area contributed by atoms with E-state index in [9.17, 15) is 0 Å². The molecule has 0 aliphatic heterocycles. The van der Waals surface area contributed by atoms with Crippen LogP contribution >= 0.6 is 0 Å². The summed E-state index contributed by atoms with van der Waals surface area (Å²) in [6, 6.07) is 21.4. The summed E-state index contributed by atoms with van der Waals surface area (Å²) in [4.78, 5) is 0. The molecule has 0 nitrogen and oxygen atoms in total. The van der Waals surface area contributed by atoms with E-state index in [1.165, 1.54) is 33.0 Å². The van der Waals surface area contributed by atoms with Gasteiger partial charge >= 0.3 is 18.9 Å². The smallest absolute Gasteiger partial charge is 0.165 e. The van der Waals surface area contributed by atoms with E-state index in [-0.39, 0.29) is 18.9 Å². The predicted molar refractivity (Wildman–Crippen MR) is 88.1 cm³/mol. The minimum atomic E-state index is 0. The summed E-state index contributed by atoms with van der Waals surface area (Å²) >= 11 is 0. The molecule has 0 aromatic heterocycles. The molecule has 0 saturated carbocycles. The van der Waals surface area contributed by atoms with Crippen LogP contribution in [0, 0.1) is 6.92 Å². The SMILES string of the molecule is CC1=Cc2ccccc2C1.Cc1cc2ccccc2[cH-]1.[Li+]. The standard InChI is InChI=1S/C10H10.C10H9.Li/c2*1-8-6-9-4-2-3-5-10(9)7-8;/h2-6H,7H2,1H3;2-7H,1H3;/q;-1;+1. The first kappa shape index (κ1) is 15.8. The van der Waals surface area contributed by atoms with Crippen LogP contribution < -0.4 is 18.9 Å². The van der Waals surface area contributed by atoms with Gasteiger partial charge < -0.3 is 0 Å².